The molecule has 0 spiro atoms. The fraction of sp³-hybridized carbons (Fsp3) is 0.700. The summed E-state index contributed by atoms with van der Waals surface area (Å²) in [5, 5.41) is 0. The molecule has 0 saturated carbocycles. The fourth-order valence-corrected chi connectivity index (χ4v) is 5.72. The van der Waals surface area contributed by atoms with Gasteiger partial charge in [0.1, 0.15) is 6.61 Å². The Bertz CT molecular complexity index is 1010. The molecule has 50 heavy (non-hydrogen) atoms. The third-order valence-corrected chi connectivity index (χ3v) is 8.78. The van der Waals surface area contributed by atoms with Crippen LogP contribution >= 0.6 is 7.82 Å². The van der Waals surface area contributed by atoms with Crippen LogP contribution < -0.4 is 5.73 Å². The van der Waals surface area contributed by atoms with Crippen molar-refractivity contribution >= 4 is 19.8 Å². The zero-order valence-electron chi connectivity index (χ0n) is 31.4. The molecule has 0 aromatic carbocycles. The highest BCUT2D eigenvalue weighted by Crippen LogP contribution is 2.43. The number of allylic oxidation sites excluding steroid dienone is 10. The van der Waals surface area contributed by atoms with Gasteiger partial charge < -0.3 is 20.1 Å². The van der Waals surface area contributed by atoms with Gasteiger partial charge in [-0.25, -0.2) is 4.57 Å². The van der Waals surface area contributed by atoms with Crippen molar-refractivity contribution in [2.45, 2.75) is 155 Å². The third kappa shape index (κ3) is 35.5. The van der Waals surface area contributed by atoms with Crippen LogP contribution in [0.5, 0.6) is 0 Å². The van der Waals surface area contributed by atoms with Crippen LogP contribution in [0.3, 0.4) is 0 Å². The highest BCUT2D eigenvalue weighted by Gasteiger charge is 2.25. The van der Waals surface area contributed by atoms with E-state index in [-0.39, 0.29) is 32.6 Å². The first kappa shape index (κ1) is 47.7. The Morgan fingerprint density at radius 1 is 0.620 bits per heavy atom. The lowest BCUT2D eigenvalue weighted by Gasteiger charge is -2.19. The first-order valence-corrected chi connectivity index (χ1v) is 20.8. The summed E-state index contributed by atoms with van der Waals surface area (Å²) in [6.45, 7) is 3.49. The molecular weight excluding hydrogens is 653 g/mol. The van der Waals surface area contributed by atoms with Gasteiger partial charge in [0.05, 0.1) is 13.2 Å². The number of unbranched alkanes of at least 4 members (excludes halogenated alkanes) is 16. The average Bonchev–Trinajstić information content (AvgIpc) is 3.10. The minimum atomic E-state index is -4.39. The van der Waals surface area contributed by atoms with Crippen molar-refractivity contribution in [3.8, 4) is 0 Å². The van der Waals surface area contributed by atoms with E-state index in [4.69, 9.17) is 24.3 Å². The molecule has 3 N–H and O–H groups in total. The molecule has 288 valence electrons. The van der Waals surface area contributed by atoms with Gasteiger partial charge in [-0.1, -0.05) is 171 Å². The van der Waals surface area contributed by atoms with Gasteiger partial charge in [-0.2, -0.15) is 0 Å². The van der Waals surface area contributed by atoms with Crippen LogP contribution in [0.2, 0.25) is 0 Å². The molecule has 0 aliphatic rings. The van der Waals surface area contributed by atoms with E-state index < -0.39 is 32.5 Å². The van der Waals surface area contributed by atoms with Crippen molar-refractivity contribution < 1.29 is 37.6 Å². The summed E-state index contributed by atoms with van der Waals surface area (Å²) in [6, 6.07) is 0. The number of hydrogen-bond acceptors (Lipinski definition) is 8. The number of ether oxygens (including phenoxy) is 2. The number of rotatable bonds is 35. The molecule has 0 heterocycles. The molecule has 0 fully saturated rings. The van der Waals surface area contributed by atoms with E-state index in [1.807, 2.05) is 54.7 Å². The standard InChI is InChI=1S/C40H70NO8P/c1-3-5-7-9-11-13-15-17-18-19-21-22-24-26-28-30-32-39(42)46-36-38(37-48-50(44,45)47-35-34-41)49-40(43)33-31-29-27-25-23-20-16-14-12-10-8-6-4-2/h6,8,10,12,14,16,20,23,25,27,38H,3-5,7,9,11,13,15,17-19,21-22,24,26,28-37,41H2,1-2H3,(H,44,45)/b8-6+,12-10+,16-14+,23-20+,27-25+. The molecular formula is C40H70NO8P. The quantitative estimate of drug-likeness (QED) is 0.0283. The molecule has 10 heteroatoms. The Labute approximate surface area is 304 Å². The van der Waals surface area contributed by atoms with Crippen LogP contribution in [0.25, 0.3) is 0 Å². The van der Waals surface area contributed by atoms with Crippen molar-refractivity contribution in [3.63, 3.8) is 0 Å². The second-order valence-corrected chi connectivity index (χ2v) is 14.0. The number of esters is 2. The largest absolute Gasteiger partial charge is 0.472 e. The number of nitrogens with two attached hydrogens (primary N) is 1. The Hall–Kier alpha value is -2.29. The van der Waals surface area contributed by atoms with Crippen molar-refractivity contribution in [2.24, 2.45) is 5.73 Å². The van der Waals surface area contributed by atoms with Gasteiger partial charge in [-0.15, -0.1) is 0 Å². The first-order chi connectivity index (χ1) is 24.3. The van der Waals surface area contributed by atoms with E-state index >= 15 is 0 Å². The highest BCUT2D eigenvalue weighted by molar-refractivity contribution is 7.47. The Kier molecular flexibility index (Phi) is 34.8. The fourth-order valence-electron chi connectivity index (χ4n) is 4.96. The summed E-state index contributed by atoms with van der Waals surface area (Å²) in [5.41, 5.74) is 5.32. The van der Waals surface area contributed by atoms with Gasteiger partial charge in [0.2, 0.25) is 0 Å². The number of hydrogen-bond donors (Lipinski definition) is 2. The zero-order valence-corrected chi connectivity index (χ0v) is 32.3. The summed E-state index contributed by atoms with van der Waals surface area (Å²) in [5.74, 6) is -0.917. The maximum absolute atomic E-state index is 12.5. The monoisotopic (exact) mass is 723 g/mol. The highest BCUT2D eigenvalue weighted by atomic mass is 31.2. The Morgan fingerprint density at radius 2 is 1.10 bits per heavy atom. The maximum atomic E-state index is 12.5. The van der Waals surface area contributed by atoms with E-state index in [2.05, 4.69) is 19.9 Å². The molecule has 0 rings (SSSR count). The second-order valence-electron chi connectivity index (χ2n) is 12.5. The Balaban J connectivity index is 4.30. The van der Waals surface area contributed by atoms with Crippen molar-refractivity contribution in [1.29, 1.82) is 0 Å². The molecule has 0 aliphatic carbocycles. The van der Waals surface area contributed by atoms with Gasteiger partial charge in [0.25, 0.3) is 0 Å². The minimum absolute atomic E-state index is 0.0402. The number of phosphoric ester groups is 1. The van der Waals surface area contributed by atoms with Crippen LogP contribution in [0.15, 0.2) is 60.8 Å². The normalized spacial score (nSPS) is 14.1. The molecule has 0 aliphatic heterocycles. The van der Waals surface area contributed by atoms with E-state index in [1.165, 1.54) is 83.5 Å². The SMILES string of the molecule is CC/C=C/C=C/C=C/C=C/C=C/CCCC(=O)OC(COC(=O)CCCCCCCCCCCCCCCCCC)COP(=O)(O)OCCN. The van der Waals surface area contributed by atoms with Gasteiger partial charge in [-0.05, 0) is 25.7 Å². The van der Waals surface area contributed by atoms with Crippen molar-refractivity contribution in [2.75, 3.05) is 26.4 Å². The lowest BCUT2D eigenvalue weighted by atomic mass is 10.0. The van der Waals surface area contributed by atoms with Crippen LogP contribution in [-0.4, -0.2) is 49.3 Å². The van der Waals surface area contributed by atoms with E-state index in [0.717, 1.165) is 25.7 Å². The molecule has 0 aromatic heterocycles. The first-order valence-electron chi connectivity index (χ1n) is 19.3. The smallest absolute Gasteiger partial charge is 0.462 e. The summed E-state index contributed by atoms with van der Waals surface area (Å²) in [6.07, 6.45) is 41.2. The van der Waals surface area contributed by atoms with Crippen molar-refractivity contribution in [1.82, 2.24) is 0 Å². The lowest BCUT2D eigenvalue weighted by Crippen LogP contribution is -2.29. The maximum Gasteiger partial charge on any atom is 0.472 e. The molecule has 0 bridgehead atoms. The molecule has 2 atom stereocenters. The lowest BCUT2D eigenvalue weighted by molar-refractivity contribution is -0.161. The van der Waals surface area contributed by atoms with E-state index in [9.17, 15) is 19.0 Å². The number of carbonyl (C=O) groups is 2. The van der Waals surface area contributed by atoms with E-state index in [1.54, 1.807) is 0 Å². The minimum Gasteiger partial charge on any atom is -0.462 e. The summed E-state index contributed by atoms with van der Waals surface area (Å²) in [7, 11) is -4.39. The summed E-state index contributed by atoms with van der Waals surface area (Å²) < 4.78 is 32.6. The summed E-state index contributed by atoms with van der Waals surface area (Å²) >= 11 is 0. The second kappa shape index (κ2) is 36.5. The van der Waals surface area contributed by atoms with Crippen LogP contribution in [0.4, 0.5) is 0 Å². The van der Waals surface area contributed by atoms with E-state index in [0.29, 0.717) is 12.8 Å². The number of phosphoric acid groups is 1. The molecule has 0 amide bonds. The van der Waals surface area contributed by atoms with Crippen LogP contribution in [0.1, 0.15) is 149 Å². The third-order valence-electron chi connectivity index (χ3n) is 7.80. The van der Waals surface area contributed by atoms with Gasteiger partial charge >= 0.3 is 19.8 Å². The molecule has 0 aromatic rings. The van der Waals surface area contributed by atoms with Gasteiger partial charge in [0, 0.05) is 19.4 Å². The predicted octanol–water partition coefficient (Wildman–Crippen LogP) is 10.5. The molecule has 9 nitrogen and oxygen atoms in total. The molecule has 2 unspecified atom stereocenters. The molecule has 0 radical (unpaired) electrons. The van der Waals surface area contributed by atoms with Crippen LogP contribution in [0, 0.1) is 0 Å². The Morgan fingerprint density at radius 3 is 1.62 bits per heavy atom. The predicted molar refractivity (Wildman–Crippen MR) is 206 cm³/mol. The summed E-state index contributed by atoms with van der Waals surface area (Å²) in [4.78, 5) is 34.7. The average molecular weight is 724 g/mol. The van der Waals surface area contributed by atoms with Crippen molar-refractivity contribution in [3.05, 3.63) is 60.8 Å². The zero-order chi connectivity index (χ0) is 36.8. The molecule has 0 saturated heterocycles. The van der Waals surface area contributed by atoms with Gasteiger partial charge in [0.15, 0.2) is 6.10 Å². The topological polar surface area (TPSA) is 134 Å². The van der Waals surface area contributed by atoms with Gasteiger partial charge in [-0.3, -0.25) is 18.6 Å². The van der Waals surface area contributed by atoms with Crippen LogP contribution in [-0.2, 0) is 32.7 Å². The number of carbonyl (C=O) groups excluding carboxylic acids is 2.